The van der Waals surface area contributed by atoms with Crippen molar-refractivity contribution in [2.45, 2.75) is 32.6 Å². The standard InChI is InChI=1S/C16H24N4O/c1-13-3-2-8-20(12-13)16(21)14-4-9-19(10-5-14)15-11-17-6-7-18-15/h6-7,11,13-14H,2-5,8-10,12H2,1H3. The Morgan fingerprint density at radius 2 is 2.00 bits per heavy atom. The molecule has 0 aromatic carbocycles. The van der Waals surface area contributed by atoms with Crippen LogP contribution in [0.3, 0.4) is 0 Å². The van der Waals surface area contributed by atoms with E-state index in [4.69, 9.17) is 0 Å². The van der Waals surface area contributed by atoms with Crippen molar-refractivity contribution in [1.82, 2.24) is 14.9 Å². The molecule has 1 amide bonds. The molecule has 1 aromatic heterocycles. The Bertz CT molecular complexity index is 470. The molecule has 0 radical (unpaired) electrons. The average Bonchev–Trinajstić information content (AvgIpc) is 2.55. The van der Waals surface area contributed by atoms with E-state index in [1.807, 2.05) is 0 Å². The van der Waals surface area contributed by atoms with Crippen LogP contribution in [0, 0.1) is 11.8 Å². The van der Waals surface area contributed by atoms with Crippen molar-refractivity contribution >= 4 is 11.7 Å². The Hall–Kier alpha value is -1.65. The van der Waals surface area contributed by atoms with Gasteiger partial charge in [-0.1, -0.05) is 6.92 Å². The molecule has 21 heavy (non-hydrogen) atoms. The number of hydrogen-bond acceptors (Lipinski definition) is 4. The maximum absolute atomic E-state index is 12.6. The van der Waals surface area contributed by atoms with Gasteiger partial charge < -0.3 is 9.80 Å². The first-order valence-corrected chi connectivity index (χ1v) is 8.04. The van der Waals surface area contributed by atoms with Gasteiger partial charge in [0.05, 0.1) is 6.20 Å². The van der Waals surface area contributed by atoms with Crippen molar-refractivity contribution in [2.24, 2.45) is 11.8 Å². The minimum atomic E-state index is 0.197. The summed E-state index contributed by atoms with van der Waals surface area (Å²) < 4.78 is 0. The highest BCUT2D eigenvalue weighted by molar-refractivity contribution is 5.79. The summed E-state index contributed by atoms with van der Waals surface area (Å²) in [5.74, 6) is 2.15. The molecule has 5 heteroatoms. The number of anilines is 1. The lowest BCUT2D eigenvalue weighted by Crippen LogP contribution is -2.46. The largest absolute Gasteiger partial charge is 0.355 e. The number of hydrogen-bond donors (Lipinski definition) is 0. The summed E-state index contributed by atoms with van der Waals surface area (Å²) in [6, 6.07) is 0. The maximum Gasteiger partial charge on any atom is 0.225 e. The van der Waals surface area contributed by atoms with Crippen molar-refractivity contribution in [1.29, 1.82) is 0 Å². The zero-order chi connectivity index (χ0) is 14.7. The number of carbonyl (C=O) groups excluding carboxylic acids is 1. The van der Waals surface area contributed by atoms with Gasteiger partial charge in [0.1, 0.15) is 5.82 Å². The number of amides is 1. The topological polar surface area (TPSA) is 49.3 Å². The first-order chi connectivity index (χ1) is 10.2. The quantitative estimate of drug-likeness (QED) is 0.834. The van der Waals surface area contributed by atoms with Crippen molar-refractivity contribution in [2.75, 3.05) is 31.1 Å². The smallest absolute Gasteiger partial charge is 0.225 e. The third-order valence-electron chi connectivity index (χ3n) is 4.69. The van der Waals surface area contributed by atoms with Gasteiger partial charge in [-0.05, 0) is 31.6 Å². The first-order valence-electron chi connectivity index (χ1n) is 8.04. The van der Waals surface area contributed by atoms with Crippen molar-refractivity contribution in [3.05, 3.63) is 18.6 Å². The molecular weight excluding hydrogens is 264 g/mol. The normalized spacial score (nSPS) is 24.1. The minimum absolute atomic E-state index is 0.197. The number of nitrogens with zero attached hydrogens (tertiary/aromatic N) is 4. The summed E-state index contributed by atoms with van der Waals surface area (Å²) in [5, 5.41) is 0. The van der Waals surface area contributed by atoms with E-state index >= 15 is 0 Å². The molecule has 3 rings (SSSR count). The van der Waals surface area contributed by atoms with E-state index < -0.39 is 0 Å². The molecule has 1 aromatic rings. The van der Waals surface area contributed by atoms with Gasteiger partial charge in [-0.3, -0.25) is 9.78 Å². The molecule has 2 aliphatic rings. The summed E-state index contributed by atoms with van der Waals surface area (Å²) in [4.78, 5) is 25.4. The van der Waals surface area contributed by atoms with E-state index in [9.17, 15) is 4.79 Å². The predicted octanol–water partition coefficient (Wildman–Crippen LogP) is 1.95. The first kappa shape index (κ1) is 14.3. The number of aromatic nitrogens is 2. The summed E-state index contributed by atoms with van der Waals surface area (Å²) in [7, 11) is 0. The zero-order valence-electron chi connectivity index (χ0n) is 12.7. The SMILES string of the molecule is CC1CCCN(C(=O)C2CCN(c3cnccn3)CC2)C1. The summed E-state index contributed by atoms with van der Waals surface area (Å²) in [6.45, 7) is 5.95. The second kappa shape index (κ2) is 6.41. The highest BCUT2D eigenvalue weighted by Crippen LogP contribution is 2.25. The van der Waals surface area contributed by atoms with Gasteiger partial charge in [0, 0.05) is 44.5 Å². The second-order valence-corrected chi connectivity index (χ2v) is 6.36. The molecule has 3 heterocycles. The van der Waals surface area contributed by atoms with Crippen LogP contribution in [0.1, 0.15) is 32.6 Å². The molecular formula is C16H24N4O. The van der Waals surface area contributed by atoms with E-state index in [-0.39, 0.29) is 5.92 Å². The number of piperidine rings is 2. The Balaban J connectivity index is 1.54. The van der Waals surface area contributed by atoms with E-state index in [1.165, 1.54) is 6.42 Å². The number of rotatable bonds is 2. The Kier molecular flexibility index (Phi) is 4.36. The third-order valence-corrected chi connectivity index (χ3v) is 4.69. The zero-order valence-corrected chi connectivity index (χ0v) is 12.7. The molecule has 0 N–H and O–H groups in total. The van der Waals surface area contributed by atoms with Crippen LogP contribution in [0.5, 0.6) is 0 Å². The van der Waals surface area contributed by atoms with Crippen LogP contribution in [0.2, 0.25) is 0 Å². The molecule has 0 aliphatic carbocycles. The summed E-state index contributed by atoms with van der Waals surface area (Å²) in [5.41, 5.74) is 0. The van der Waals surface area contributed by atoms with E-state index in [1.54, 1.807) is 18.6 Å². The Labute approximate surface area is 126 Å². The summed E-state index contributed by atoms with van der Waals surface area (Å²) in [6.07, 6.45) is 9.49. The second-order valence-electron chi connectivity index (χ2n) is 6.36. The lowest BCUT2D eigenvalue weighted by molar-refractivity contribution is -0.137. The van der Waals surface area contributed by atoms with Gasteiger partial charge in [0.2, 0.25) is 5.91 Å². The monoisotopic (exact) mass is 288 g/mol. The molecule has 2 aliphatic heterocycles. The molecule has 0 saturated carbocycles. The van der Waals surface area contributed by atoms with Gasteiger partial charge in [0.25, 0.3) is 0 Å². The van der Waals surface area contributed by atoms with Crippen LogP contribution in [0.15, 0.2) is 18.6 Å². The van der Waals surface area contributed by atoms with Crippen LogP contribution in [-0.4, -0.2) is 47.0 Å². The lowest BCUT2D eigenvalue weighted by Gasteiger charge is -2.37. The highest BCUT2D eigenvalue weighted by atomic mass is 16.2. The predicted molar refractivity (Wildman–Crippen MR) is 81.9 cm³/mol. The fourth-order valence-corrected chi connectivity index (χ4v) is 3.46. The Morgan fingerprint density at radius 1 is 1.19 bits per heavy atom. The van der Waals surface area contributed by atoms with Gasteiger partial charge in [0.15, 0.2) is 0 Å². The molecule has 1 unspecified atom stereocenters. The van der Waals surface area contributed by atoms with Crippen LogP contribution in [-0.2, 0) is 4.79 Å². The fraction of sp³-hybridized carbons (Fsp3) is 0.688. The molecule has 1 atom stereocenters. The van der Waals surface area contributed by atoms with E-state index in [2.05, 4.69) is 26.7 Å². The van der Waals surface area contributed by atoms with Crippen LogP contribution in [0.4, 0.5) is 5.82 Å². The Morgan fingerprint density at radius 3 is 2.67 bits per heavy atom. The van der Waals surface area contributed by atoms with E-state index in [0.717, 1.165) is 51.3 Å². The summed E-state index contributed by atoms with van der Waals surface area (Å²) >= 11 is 0. The lowest BCUT2D eigenvalue weighted by atomic mass is 9.93. The van der Waals surface area contributed by atoms with Gasteiger partial charge in [-0.15, -0.1) is 0 Å². The minimum Gasteiger partial charge on any atom is -0.355 e. The highest BCUT2D eigenvalue weighted by Gasteiger charge is 2.30. The fourth-order valence-electron chi connectivity index (χ4n) is 3.46. The number of carbonyl (C=O) groups is 1. The van der Waals surface area contributed by atoms with Crippen molar-refractivity contribution < 1.29 is 4.79 Å². The van der Waals surface area contributed by atoms with Crippen LogP contribution < -0.4 is 4.90 Å². The molecule has 0 spiro atoms. The van der Waals surface area contributed by atoms with Crippen molar-refractivity contribution in [3.63, 3.8) is 0 Å². The molecule has 5 nitrogen and oxygen atoms in total. The van der Waals surface area contributed by atoms with Gasteiger partial charge >= 0.3 is 0 Å². The van der Waals surface area contributed by atoms with Crippen LogP contribution >= 0.6 is 0 Å². The van der Waals surface area contributed by atoms with E-state index in [0.29, 0.717) is 11.8 Å². The molecule has 2 fully saturated rings. The molecule has 2 saturated heterocycles. The number of likely N-dealkylation sites (tertiary alicyclic amines) is 1. The van der Waals surface area contributed by atoms with Crippen molar-refractivity contribution in [3.8, 4) is 0 Å². The van der Waals surface area contributed by atoms with Gasteiger partial charge in [-0.25, -0.2) is 4.98 Å². The van der Waals surface area contributed by atoms with Crippen LogP contribution in [0.25, 0.3) is 0 Å². The maximum atomic E-state index is 12.6. The average molecular weight is 288 g/mol. The molecule has 0 bridgehead atoms. The van der Waals surface area contributed by atoms with Gasteiger partial charge in [-0.2, -0.15) is 0 Å². The molecule has 114 valence electrons. The third kappa shape index (κ3) is 3.34.